The second-order valence-corrected chi connectivity index (χ2v) is 6.00. The minimum atomic E-state index is -0.408. The maximum Gasteiger partial charge on any atom is 0.337 e. The molecule has 29 heavy (non-hydrogen) atoms. The number of benzene rings is 2. The zero-order chi connectivity index (χ0) is 20.6. The van der Waals surface area contributed by atoms with Crippen LogP contribution in [0, 0.1) is 0 Å². The summed E-state index contributed by atoms with van der Waals surface area (Å²) in [5.41, 5.74) is 1.54. The lowest BCUT2D eigenvalue weighted by atomic mass is 10.2. The fourth-order valence-corrected chi connectivity index (χ4v) is 2.48. The van der Waals surface area contributed by atoms with Gasteiger partial charge in [0.2, 0.25) is 0 Å². The van der Waals surface area contributed by atoms with E-state index in [1.54, 1.807) is 61.7 Å². The van der Waals surface area contributed by atoms with Crippen LogP contribution in [0.3, 0.4) is 0 Å². The summed E-state index contributed by atoms with van der Waals surface area (Å²) >= 11 is 0. The van der Waals surface area contributed by atoms with Crippen LogP contribution in [-0.2, 0) is 17.9 Å². The molecule has 0 fully saturated rings. The number of hydrogen-bond donors (Lipinski definition) is 1. The topological polar surface area (TPSA) is 99.9 Å². The van der Waals surface area contributed by atoms with Crippen LogP contribution in [0.2, 0.25) is 0 Å². The molecular formula is C21H20N2O6. The average Bonchev–Trinajstić information content (AvgIpc) is 3.23. The van der Waals surface area contributed by atoms with E-state index in [9.17, 15) is 9.59 Å². The minimum absolute atomic E-state index is 0.188. The van der Waals surface area contributed by atoms with Crippen molar-refractivity contribution in [2.24, 2.45) is 0 Å². The molecule has 2 aromatic carbocycles. The fraction of sp³-hybridized carbons (Fsp3) is 0.190. The zero-order valence-corrected chi connectivity index (χ0v) is 16.0. The maximum atomic E-state index is 12.2. The first-order valence-corrected chi connectivity index (χ1v) is 8.77. The summed E-state index contributed by atoms with van der Waals surface area (Å²) in [6.07, 6.45) is 0. The van der Waals surface area contributed by atoms with Gasteiger partial charge in [-0.1, -0.05) is 5.16 Å². The van der Waals surface area contributed by atoms with Gasteiger partial charge in [-0.25, -0.2) is 4.79 Å². The SMILES string of the molecule is COC(=O)c1ccc(OCc2cc(CNC(=O)c3ccc(OC)cc3)on2)cc1. The Morgan fingerprint density at radius 1 is 0.966 bits per heavy atom. The normalized spacial score (nSPS) is 10.3. The molecule has 0 saturated carbocycles. The molecule has 0 aliphatic heterocycles. The van der Waals surface area contributed by atoms with E-state index in [1.807, 2.05) is 0 Å². The molecule has 0 spiro atoms. The molecule has 150 valence electrons. The van der Waals surface area contributed by atoms with Crippen molar-refractivity contribution in [1.82, 2.24) is 10.5 Å². The molecule has 8 heteroatoms. The number of rotatable bonds is 8. The summed E-state index contributed by atoms with van der Waals surface area (Å²) in [5, 5.41) is 6.69. The summed E-state index contributed by atoms with van der Waals surface area (Å²) in [6.45, 7) is 0.388. The monoisotopic (exact) mass is 396 g/mol. The molecule has 3 aromatic rings. The minimum Gasteiger partial charge on any atom is -0.497 e. The molecule has 1 heterocycles. The van der Waals surface area contributed by atoms with Gasteiger partial charge in [-0.3, -0.25) is 4.79 Å². The fourth-order valence-electron chi connectivity index (χ4n) is 2.48. The Morgan fingerprint density at radius 2 is 1.62 bits per heavy atom. The Bertz CT molecular complexity index is 964. The second kappa shape index (κ2) is 9.41. The summed E-state index contributed by atoms with van der Waals surface area (Å²) in [6, 6.07) is 15.1. The van der Waals surface area contributed by atoms with Crippen LogP contribution in [0.5, 0.6) is 11.5 Å². The predicted octanol–water partition coefficient (Wildman–Crippen LogP) is 2.98. The third kappa shape index (κ3) is 5.35. The summed E-state index contributed by atoms with van der Waals surface area (Å²) in [4.78, 5) is 23.6. The molecule has 0 saturated heterocycles. The Morgan fingerprint density at radius 3 is 2.28 bits per heavy atom. The Balaban J connectivity index is 1.48. The van der Waals surface area contributed by atoms with Crippen LogP contribution in [0.25, 0.3) is 0 Å². The number of nitrogens with zero attached hydrogens (tertiary/aromatic N) is 1. The van der Waals surface area contributed by atoms with E-state index < -0.39 is 5.97 Å². The maximum absolute atomic E-state index is 12.2. The van der Waals surface area contributed by atoms with Gasteiger partial charge in [-0.2, -0.15) is 0 Å². The number of carbonyl (C=O) groups is 2. The van der Waals surface area contributed by atoms with E-state index in [0.717, 1.165) is 0 Å². The van der Waals surface area contributed by atoms with Gasteiger partial charge in [0.1, 0.15) is 23.8 Å². The van der Waals surface area contributed by atoms with Gasteiger partial charge < -0.3 is 24.1 Å². The van der Waals surface area contributed by atoms with Gasteiger partial charge in [0.05, 0.1) is 26.3 Å². The number of esters is 1. The molecular weight excluding hydrogens is 376 g/mol. The van der Waals surface area contributed by atoms with Gasteiger partial charge in [-0.05, 0) is 48.5 Å². The van der Waals surface area contributed by atoms with E-state index in [4.69, 9.17) is 14.0 Å². The van der Waals surface area contributed by atoms with E-state index in [2.05, 4.69) is 15.2 Å². The molecule has 1 N–H and O–H groups in total. The van der Waals surface area contributed by atoms with Crippen molar-refractivity contribution in [2.75, 3.05) is 14.2 Å². The zero-order valence-electron chi connectivity index (χ0n) is 16.0. The first-order chi connectivity index (χ1) is 14.1. The van der Waals surface area contributed by atoms with Crippen LogP contribution in [-0.4, -0.2) is 31.3 Å². The van der Waals surface area contributed by atoms with Crippen molar-refractivity contribution in [3.05, 3.63) is 77.2 Å². The van der Waals surface area contributed by atoms with E-state index >= 15 is 0 Å². The van der Waals surface area contributed by atoms with Crippen molar-refractivity contribution >= 4 is 11.9 Å². The van der Waals surface area contributed by atoms with Crippen molar-refractivity contribution in [3.8, 4) is 11.5 Å². The number of aromatic nitrogens is 1. The van der Waals surface area contributed by atoms with Gasteiger partial charge in [-0.15, -0.1) is 0 Å². The van der Waals surface area contributed by atoms with Crippen LogP contribution < -0.4 is 14.8 Å². The molecule has 8 nitrogen and oxygen atoms in total. The largest absolute Gasteiger partial charge is 0.497 e. The summed E-state index contributed by atoms with van der Waals surface area (Å²) < 4.78 is 20.6. The smallest absolute Gasteiger partial charge is 0.337 e. The molecule has 0 unspecified atom stereocenters. The second-order valence-electron chi connectivity index (χ2n) is 6.00. The van der Waals surface area contributed by atoms with Crippen molar-refractivity contribution < 1.29 is 28.3 Å². The highest BCUT2D eigenvalue weighted by molar-refractivity contribution is 5.94. The highest BCUT2D eigenvalue weighted by Crippen LogP contribution is 2.15. The van der Waals surface area contributed by atoms with Crippen LogP contribution in [0.1, 0.15) is 32.2 Å². The molecule has 0 bridgehead atoms. The highest BCUT2D eigenvalue weighted by atomic mass is 16.5. The quantitative estimate of drug-likeness (QED) is 0.584. The number of amides is 1. The standard InChI is InChI=1S/C21H20N2O6/c1-26-17-7-3-14(4-8-17)20(24)22-12-19-11-16(23-29-19)13-28-18-9-5-15(6-10-18)21(25)27-2/h3-11H,12-13H2,1-2H3,(H,22,24). The van der Waals surface area contributed by atoms with Gasteiger partial charge in [0.25, 0.3) is 5.91 Å². The molecule has 0 aliphatic carbocycles. The first-order valence-electron chi connectivity index (χ1n) is 8.77. The Hall–Kier alpha value is -3.81. The van der Waals surface area contributed by atoms with Crippen molar-refractivity contribution in [1.29, 1.82) is 0 Å². The average molecular weight is 396 g/mol. The molecule has 0 radical (unpaired) electrons. The van der Waals surface area contributed by atoms with Crippen LogP contribution in [0.4, 0.5) is 0 Å². The van der Waals surface area contributed by atoms with Gasteiger partial charge in [0.15, 0.2) is 5.76 Å². The number of methoxy groups -OCH3 is 2. The number of carbonyl (C=O) groups excluding carboxylic acids is 2. The van der Waals surface area contributed by atoms with E-state index in [0.29, 0.717) is 34.1 Å². The van der Waals surface area contributed by atoms with Gasteiger partial charge in [0, 0.05) is 11.6 Å². The molecule has 3 rings (SSSR count). The van der Waals surface area contributed by atoms with E-state index in [1.165, 1.54) is 7.11 Å². The molecule has 1 amide bonds. The lowest BCUT2D eigenvalue weighted by molar-refractivity contribution is 0.0600. The van der Waals surface area contributed by atoms with Crippen LogP contribution >= 0.6 is 0 Å². The molecule has 0 atom stereocenters. The molecule has 1 aromatic heterocycles. The summed E-state index contributed by atoms with van der Waals surface area (Å²) in [5.74, 6) is 1.13. The predicted molar refractivity (Wildman–Crippen MR) is 103 cm³/mol. The number of nitrogens with one attached hydrogen (secondary N) is 1. The van der Waals surface area contributed by atoms with Crippen molar-refractivity contribution in [2.45, 2.75) is 13.2 Å². The van der Waals surface area contributed by atoms with Gasteiger partial charge >= 0.3 is 5.97 Å². The lowest BCUT2D eigenvalue weighted by Crippen LogP contribution is -2.22. The lowest BCUT2D eigenvalue weighted by Gasteiger charge is -2.04. The molecule has 0 aliphatic rings. The highest BCUT2D eigenvalue weighted by Gasteiger charge is 2.10. The van der Waals surface area contributed by atoms with Crippen LogP contribution in [0.15, 0.2) is 59.1 Å². The number of hydrogen-bond acceptors (Lipinski definition) is 7. The van der Waals surface area contributed by atoms with E-state index in [-0.39, 0.29) is 19.1 Å². The first kappa shape index (κ1) is 19.9. The number of ether oxygens (including phenoxy) is 3. The summed E-state index contributed by atoms with van der Waals surface area (Å²) in [7, 11) is 2.89. The Kier molecular flexibility index (Phi) is 6.47. The Labute approximate surface area is 167 Å². The third-order valence-electron chi connectivity index (χ3n) is 4.05. The van der Waals surface area contributed by atoms with Crippen molar-refractivity contribution in [3.63, 3.8) is 0 Å². The third-order valence-corrected chi connectivity index (χ3v) is 4.05.